The molecule has 0 spiro atoms. The van der Waals surface area contributed by atoms with E-state index in [2.05, 4.69) is 36.4 Å². The van der Waals surface area contributed by atoms with E-state index < -0.39 is 7.60 Å². The zero-order chi connectivity index (χ0) is 17.0. The summed E-state index contributed by atoms with van der Waals surface area (Å²) in [6.07, 6.45) is 2.57. The third-order valence-corrected chi connectivity index (χ3v) is 6.90. The minimum absolute atomic E-state index is 0.0465. The van der Waals surface area contributed by atoms with Gasteiger partial charge in [-0.15, -0.1) is 0 Å². The Morgan fingerprint density at radius 3 is 1.92 bits per heavy atom. The molecule has 0 amide bonds. The Balaban J connectivity index is 1.79. The molecule has 24 heavy (non-hydrogen) atoms. The molecule has 1 fully saturated rings. The molecular formula is C20H25O3P. The molecule has 0 heterocycles. The third-order valence-electron chi connectivity index (χ3n) is 4.61. The largest absolute Gasteiger partial charge is 0.331 e. The maximum atomic E-state index is 12.9. The van der Waals surface area contributed by atoms with Crippen LogP contribution in [0.1, 0.15) is 32.3 Å². The van der Waals surface area contributed by atoms with Crippen LogP contribution in [-0.2, 0) is 19.0 Å². The first-order valence-corrected chi connectivity index (χ1v) is 10.4. The summed E-state index contributed by atoms with van der Waals surface area (Å²) in [7, 11) is -3.01. The van der Waals surface area contributed by atoms with Gasteiger partial charge in [-0.25, -0.2) is 0 Å². The Morgan fingerprint density at radius 2 is 1.42 bits per heavy atom. The number of hydrogen-bond donors (Lipinski definition) is 0. The highest BCUT2D eigenvalue weighted by Crippen LogP contribution is 2.61. The molecule has 0 aromatic heterocycles. The quantitative estimate of drug-likeness (QED) is 0.580. The van der Waals surface area contributed by atoms with Crippen molar-refractivity contribution in [1.82, 2.24) is 0 Å². The molecule has 0 radical (unpaired) electrons. The van der Waals surface area contributed by atoms with Crippen LogP contribution in [0, 0.1) is 0 Å². The molecular weight excluding hydrogens is 319 g/mol. The average Bonchev–Trinajstić information content (AvgIpc) is 3.36. The standard InChI is InChI=1S/C20H25O3P/c1-3-22-24(21,23-4-2)16-20(14-15-20)19-12-10-18(11-13-19)17-8-6-5-7-9-17/h5-13H,3-4,14-16H2,1-2H3. The Kier molecular flexibility index (Phi) is 5.24. The van der Waals surface area contributed by atoms with Crippen molar-refractivity contribution in [2.75, 3.05) is 19.4 Å². The summed E-state index contributed by atoms with van der Waals surface area (Å²) < 4.78 is 23.9. The second-order valence-electron chi connectivity index (χ2n) is 6.33. The first-order valence-electron chi connectivity index (χ1n) is 8.65. The van der Waals surface area contributed by atoms with Gasteiger partial charge in [-0.2, -0.15) is 0 Å². The fourth-order valence-corrected chi connectivity index (χ4v) is 5.51. The van der Waals surface area contributed by atoms with E-state index in [1.165, 1.54) is 16.7 Å². The van der Waals surface area contributed by atoms with E-state index in [4.69, 9.17) is 9.05 Å². The predicted octanol–water partition coefficient (Wildman–Crippen LogP) is 5.65. The van der Waals surface area contributed by atoms with E-state index in [0.29, 0.717) is 19.4 Å². The van der Waals surface area contributed by atoms with Gasteiger partial charge in [0.2, 0.25) is 0 Å². The van der Waals surface area contributed by atoms with E-state index in [1.54, 1.807) is 0 Å². The van der Waals surface area contributed by atoms with Gasteiger partial charge in [0.15, 0.2) is 0 Å². The van der Waals surface area contributed by atoms with Crippen molar-refractivity contribution in [1.29, 1.82) is 0 Å². The molecule has 3 nitrogen and oxygen atoms in total. The molecule has 1 saturated carbocycles. The van der Waals surface area contributed by atoms with Gasteiger partial charge in [-0.1, -0.05) is 54.6 Å². The molecule has 2 aromatic carbocycles. The smallest absolute Gasteiger partial charge is 0.309 e. The molecule has 0 N–H and O–H groups in total. The van der Waals surface area contributed by atoms with Gasteiger partial charge in [0, 0.05) is 5.41 Å². The Hall–Kier alpha value is -1.41. The maximum absolute atomic E-state index is 12.9. The van der Waals surface area contributed by atoms with Crippen LogP contribution in [0.15, 0.2) is 54.6 Å². The Morgan fingerprint density at radius 1 is 0.875 bits per heavy atom. The van der Waals surface area contributed by atoms with E-state index in [9.17, 15) is 4.57 Å². The molecule has 0 bridgehead atoms. The zero-order valence-corrected chi connectivity index (χ0v) is 15.3. The molecule has 0 aliphatic heterocycles. The molecule has 128 valence electrons. The first kappa shape index (κ1) is 17.4. The molecule has 0 atom stereocenters. The molecule has 3 rings (SSSR count). The fourth-order valence-electron chi connectivity index (χ4n) is 3.23. The summed E-state index contributed by atoms with van der Waals surface area (Å²) in [6, 6.07) is 19.0. The van der Waals surface area contributed by atoms with Crippen LogP contribution in [0.5, 0.6) is 0 Å². The van der Waals surface area contributed by atoms with Gasteiger partial charge in [0.1, 0.15) is 0 Å². The highest BCUT2D eigenvalue weighted by molar-refractivity contribution is 7.53. The van der Waals surface area contributed by atoms with Crippen LogP contribution in [0.3, 0.4) is 0 Å². The molecule has 0 saturated heterocycles. The topological polar surface area (TPSA) is 35.5 Å². The zero-order valence-electron chi connectivity index (χ0n) is 14.4. The molecule has 4 heteroatoms. The second kappa shape index (κ2) is 7.23. The lowest BCUT2D eigenvalue weighted by Gasteiger charge is -2.23. The lowest BCUT2D eigenvalue weighted by Crippen LogP contribution is -2.15. The number of hydrogen-bond acceptors (Lipinski definition) is 3. The van der Waals surface area contributed by atoms with Crippen molar-refractivity contribution in [2.24, 2.45) is 0 Å². The first-order chi connectivity index (χ1) is 11.6. The summed E-state index contributed by atoms with van der Waals surface area (Å²) in [6.45, 7) is 4.56. The second-order valence-corrected chi connectivity index (χ2v) is 8.38. The van der Waals surface area contributed by atoms with Crippen molar-refractivity contribution in [3.63, 3.8) is 0 Å². The lowest BCUT2D eigenvalue weighted by molar-refractivity contribution is 0.218. The van der Waals surface area contributed by atoms with Gasteiger partial charge in [-0.3, -0.25) is 4.57 Å². The highest BCUT2D eigenvalue weighted by Gasteiger charge is 2.50. The van der Waals surface area contributed by atoms with Gasteiger partial charge in [-0.05, 0) is 43.4 Å². The van der Waals surface area contributed by atoms with Gasteiger partial charge >= 0.3 is 7.60 Å². The third kappa shape index (κ3) is 3.80. The monoisotopic (exact) mass is 344 g/mol. The average molecular weight is 344 g/mol. The van der Waals surface area contributed by atoms with Crippen molar-refractivity contribution in [3.8, 4) is 11.1 Å². The van der Waals surface area contributed by atoms with Crippen LogP contribution < -0.4 is 0 Å². The molecule has 1 aliphatic rings. The maximum Gasteiger partial charge on any atom is 0.331 e. The molecule has 2 aromatic rings. The van der Waals surface area contributed by atoms with Crippen LogP contribution in [0.25, 0.3) is 11.1 Å². The van der Waals surface area contributed by atoms with Gasteiger partial charge in [0.25, 0.3) is 0 Å². The summed E-state index contributed by atoms with van der Waals surface area (Å²) >= 11 is 0. The van der Waals surface area contributed by atoms with E-state index in [1.807, 2.05) is 32.0 Å². The summed E-state index contributed by atoms with van der Waals surface area (Å²) in [5, 5.41) is 0. The van der Waals surface area contributed by atoms with E-state index in [0.717, 1.165) is 12.8 Å². The summed E-state index contributed by atoms with van der Waals surface area (Å²) in [5.41, 5.74) is 3.60. The molecule has 1 aliphatic carbocycles. The Labute approximate surface area is 144 Å². The lowest BCUT2D eigenvalue weighted by atomic mass is 9.95. The normalized spacial score (nSPS) is 16.1. The summed E-state index contributed by atoms with van der Waals surface area (Å²) in [4.78, 5) is 0. The SMILES string of the molecule is CCOP(=O)(CC1(c2ccc(-c3ccccc3)cc2)CC1)OCC. The van der Waals surface area contributed by atoms with Crippen LogP contribution in [-0.4, -0.2) is 19.4 Å². The van der Waals surface area contributed by atoms with Crippen molar-refractivity contribution < 1.29 is 13.6 Å². The fraction of sp³-hybridized carbons (Fsp3) is 0.400. The van der Waals surface area contributed by atoms with Crippen molar-refractivity contribution in [2.45, 2.75) is 32.1 Å². The van der Waals surface area contributed by atoms with Crippen LogP contribution in [0.2, 0.25) is 0 Å². The van der Waals surface area contributed by atoms with Gasteiger partial charge < -0.3 is 9.05 Å². The van der Waals surface area contributed by atoms with Crippen LogP contribution >= 0.6 is 7.60 Å². The van der Waals surface area contributed by atoms with Gasteiger partial charge in [0.05, 0.1) is 19.4 Å². The van der Waals surface area contributed by atoms with E-state index >= 15 is 0 Å². The highest BCUT2D eigenvalue weighted by atomic mass is 31.2. The minimum Gasteiger partial charge on any atom is -0.309 e. The predicted molar refractivity (Wildman–Crippen MR) is 98.5 cm³/mol. The molecule has 0 unspecified atom stereocenters. The van der Waals surface area contributed by atoms with Crippen molar-refractivity contribution >= 4 is 7.60 Å². The number of benzene rings is 2. The van der Waals surface area contributed by atoms with Crippen molar-refractivity contribution in [3.05, 3.63) is 60.2 Å². The van der Waals surface area contributed by atoms with E-state index in [-0.39, 0.29) is 5.41 Å². The number of rotatable bonds is 8. The Bertz CT molecular complexity index is 695. The summed E-state index contributed by atoms with van der Waals surface area (Å²) in [5.74, 6) is 0. The van der Waals surface area contributed by atoms with Crippen LogP contribution in [0.4, 0.5) is 0 Å². The minimum atomic E-state index is -3.01.